The Balaban J connectivity index is 3.73. The van der Waals surface area contributed by atoms with Gasteiger partial charge in [0.15, 0.2) is 10.7 Å². The molecule has 0 heterocycles. The number of rotatable bonds is 0. The minimum absolute atomic E-state index is 0.328. The average molecular weight is 124 g/mol. The molecule has 0 amide bonds. The summed E-state index contributed by atoms with van der Waals surface area (Å²) in [6, 6.07) is 0. The van der Waals surface area contributed by atoms with Crippen LogP contribution in [0.25, 0.3) is 0 Å². The maximum absolute atomic E-state index is 10.5. The normalized spacial score (nSPS) is 19.2. The van der Waals surface area contributed by atoms with E-state index >= 15 is 0 Å². The standard InChI is InChI=1S/CH4F4S/c1-6(2,3,4)5/h6H,1H3. The summed E-state index contributed by atoms with van der Waals surface area (Å²) in [5.41, 5.74) is 0. The molecule has 0 fully saturated rings. The van der Waals surface area contributed by atoms with E-state index < -0.39 is 10.7 Å². The predicted molar refractivity (Wildman–Crippen MR) is 19.3 cm³/mol. The lowest BCUT2D eigenvalue weighted by atomic mass is 12.0. The molecule has 0 rings (SSSR count). The SMILES string of the molecule is C[SH](F)(F)(F)F. The Hall–Kier alpha value is 0.0700. The monoisotopic (exact) mass is 124 g/mol. The van der Waals surface area contributed by atoms with Crippen molar-refractivity contribution in [3.63, 3.8) is 0 Å². The fraction of sp³-hybridized carbons (Fsp3) is 1.00. The van der Waals surface area contributed by atoms with Crippen LogP contribution in [0.2, 0.25) is 0 Å². The van der Waals surface area contributed by atoms with E-state index in [1.54, 1.807) is 0 Å². The summed E-state index contributed by atoms with van der Waals surface area (Å²) in [7, 11) is -7.05. The lowest BCUT2D eigenvalue weighted by Crippen LogP contribution is -1.79. The first-order valence-corrected chi connectivity index (χ1v) is 3.37. The molecule has 0 radical (unpaired) electrons. The van der Waals surface area contributed by atoms with E-state index in [2.05, 4.69) is 0 Å². The van der Waals surface area contributed by atoms with Gasteiger partial charge in [0.2, 0.25) is 0 Å². The van der Waals surface area contributed by atoms with E-state index in [-0.39, 0.29) is 6.26 Å². The number of hydrogen-bond acceptors (Lipinski definition) is 0. The van der Waals surface area contributed by atoms with E-state index in [4.69, 9.17) is 0 Å². The molecule has 6 heavy (non-hydrogen) atoms. The first-order valence-electron chi connectivity index (χ1n) is 1.12. The molecule has 42 valence electrons. The molecule has 0 aromatic heterocycles. The van der Waals surface area contributed by atoms with Crippen molar-refractivity contribution in [2.24, 2.45) is 0 Å². The number of hydrogen-bond donors (Lipinski definition) is 1. The van der Waals surface area contributed by atoms with Crippen molar-refractivity contribution >= 4 is 10.7 Å². The van der Waals surface area contributed by atoms with Gasteiger partial charge in [-0.15, -0.1) is 15.5 Å². The second-order valence-corrected chi connectivity index (χ2v) is 3.18. The summed E-state index contributed by atoms with van der Waals surface area (Å²) in [4.78, 5) is 0. The second-order valence-electron chi connectivity index (χ2n) is 1.06. The molecule has 0 atom stereocenters. The molecular formula is CH4F4S. The van der Waals surface area contributed by atoms with Crippen LogP contribution < -0.4 is 0 Å². The zero-order chi connectivity index (χ0) is 5.45. The minimum atomic E-state index is -7.05. The van der Waals surface area contributed by atoms with Crippen LogP contribution in [0, 0.1) is 0 Å². The largest absolute Gasteiger partial charge is 0.154 e. The maximum atomic E-state index is 10.5. The third kappa shape index (κ3) is 7830. The van der Waals surface area contributed by atoms with Crippen molar-refractivity contribution in [3.05, 3.63) is 0 Å². The summed E-state index contributed by atoms with van der Waals surface area (Å²) in [6.45, 7) is 0. The van der Waals surface area contributed by atoms with E-state index in [9.17, 15) is 15.5 Å². The molecule has 0 spiro atoms. The molecule has 0 saturated heterocycles. The summed E-state index contributed by atoms with van der Waals surface area (Å²) >= 11 is 0. The molecule has 0 aromatic rings. The van der Waals surface area contributed by atoms with Crippen LogP contribution in [0.1, 0.15) is 0 Å². The van der Waals surface area contributed by atoms with Crippen molar-refractivity contribution in [2.45, 2.75) is 0 Å². The summed E-state index contributed by atoms with van der Waals surface area (Å²) in [5, 5.41) is 0. The van der Waals surface area contributed by atoms with E-state index in [1.807, 2.05) is 0 Å². The Labute approximate surface area is 33.6 Å². The lowest BCUT2D eigenvalue weighted by molar-refractivity contribution is 0.509. The topological polar surface area (TPSA) is 0 Å². The van der Waals surface area contributed by atoms with Gasteiger partial charge in [0.05, 0.1) is 0 Å². The van der Waals surface area contributed by atoms with E-state index in [0.717, 1.165) is 0 Å². The van der Waals surface area contributed by atoms with Crippen molar-refractivity contribution in [1.82, 2.24) is 0 Å². The van der Waals surface area contributed by atoms with Gasteiger partial charge in [-0.25, -0.2) is 0 Å². The van der Waals surface area contributed by atoms with E-state index in [1.165, 1.54) is 0 Å². The van der Waals surface area contributed by atoms with Gasteiger partial charge in [0.25, 0.3) is 0 Å². The van der Waals surface area contributed by atoms with Gasteiger partial charge in [0, 0.05) is 6.26 Å². The molecule has 0 aromatic carbocycles. The molecule has 0 aliphatic rings. The molecule has 0 saturated carbocycles. The van der Waals surface area contributed by atoms with Crippen LogP contribution in [-0.2, 0) is 0 Å². The third-order valence-corrected chi connectivity index (χ3v) is 0. The van der Waals surface area contributed by atoms with Crippen molar-refractivity contribution < 1.29 is 15.5 Å². The number of halogens is 4. The summed E-state index contributed by atoms with van der Waals surface area (Å²) < 4.78 is 42.0. The molecule has 0 bridgehead atoms. The quantitative estimate of drug-likeness (QED) is 0.371. The van der Waals surface area contributed by atoms with E-state index in [0.29, 0.717) is 0 Å². The van der Waals surface area contributed by atoms with Crippen LogP contribution in [0.3, 0.4) is 0 Å². The highest BCUT2D eigenvalue weighted by atomic mass is 32.4. The minimum Gasteiger partial charge on any atom is -0.127 e. The molecular weight excluding hydrogens is 120 g/mol. The smallest absolute Gasteiger partial charge is 0.127 e. The lowest BCUT2D eigenvalue weighted by Gasteiger charge is -2.21. The van der Waals surface area contributed by atoms with Gasteiger partial charge < -0.3 is 0 Å². The Kier molecular flexibility index (Phi) is 0.838. The Bertz CT molecular complexity index is 40.7. The van der Waals surface area contributed by atoms with Gasteiger partial charge in [-0.05, 0) is 0 Å². The van der Waals surface area contributed by atoms with Crippen molar-refractivity contribution in [3.8, 4) is 0 Å². The van der Waals surface area contributed by atoms with Gasteiger partial charge in [-0.3, -0.25) is 0 Å². The Morgan fingerprint density at radius 2 is 1.00 bits per heavy atom. The fourth-order valence-corrected chi connectivity index (χ4v) is 0. The number of thiol groups is 1. The van der Waals surface area contributed by atoms with Gasteiger partial charge in [-0.2, -0.15) is 0 Å². The van der Waals surface area contributed by atoms with Gasteiger partial charge in [-0.1, -0.05) is 0 Å². The molecule has 0 N–H and O–H groups in total. The zero-order valence-electron chi connectivity index (χ0n) is 2.96. The van der Waals surface area contributed by atoms with Crippen LogP contribution in [0.15, 0.2) is 0 Å². The first kappa shape index (κ1) is 6.07. The Morgan fingerprint density at radius 3 is 1.00 bits per heavy atom. The van der Waals surface area contributed by atoms with Gasteiger partial charge >= 0.3 is 0 Å². The first-order chi connectivity index (χ1) is 2.24. The molecule has 5 heteroatoms. The zero-order valence-corrected chi connectivity index (χ0v) is 3.85. The van der Waals surface area contributed by atoms with Crippen molar-refractivity contribution in [2.75, 3.05) is 6.26 Å². The summed E-state index contributed by atoms with van der Waals surface area (Å²) in [6.07, 6.45) is -0.328. The third-order valence-electron chi connectivity index (χ3n) is 0. The fourth-order valence-electron chi connectivity index (χ4n) is 0. The second kappa shape index (κ2) is 0.828. The van der Waals surface area contributed by atoms with Crippen LogP contribution in [0.5, 0.6) is 0 Å². The highest BCUT2D eigenvalue weighted by molar-refractivity contribution is 8.33. The molecule has 0 aliphatic heterocycles. The van der Waals surface area contributed by atoms with Crippen LogP contribution in [-0.4, -0.2) is 6.26 Å². The van der Waals surface area contributed by atoms with Crippen LogP contribution >= 0.6 is 10.7 Å². The molecule has 0 aliphatic carbocycles. The molecule has 0 unspecified atom stereocenters. The summed E-state index contributed by atoms with van der Waals surface area (Å²) in [5.74, 6) is 0. The predicted octanol–water partition coefficient (Wildman–Crippen LogP) is 2.23. The Morgan fingerprint density at radius 1 is 1.00 bits per heavy atom. The van der Waals surface area contributed by atoms with Crippen molar-refractivity contribution in [1.29, 1.82) is 0 Å². The highest BCUT2D eigenvalue weighted by Crippen LogP contribution is 2.73. The van der Waals surface area contributed by atoms with Gasteiger partial charge in [0.1, 0.15) is 0 Å². The average Bonchev–Trinajstić information content (AvgIpc) is 0.650. The molecule has 0 nitrogen and oxygen atoms in total. The highest BCUT2D eigenvalue weighted by Gasteiger charge is 2.27. The maximum Gasteiger partial charge on any atom is 0.154 e. The van der Waals surface area contributed by atoms with Crippen LogP contribution in [0.4, 0.5) is 15.5 Å².